The summed E-state index contributed by atoms with van der Waals surface area (Å²) in [6, 6.07) is 6.87. The highest BCUT2D eigenvalue weighted by Crippen LogP contribution is 2.49. The van der Waals surface area contributed by atoms with E-state index in [2.05, 4.69) is 87.9 Å². The van der Waals surface area contributed by atoms with Crippen molar-refractivity contribution in [2.75, 3.05) is 11.4 Å². The van der Waals surface area contributed by atoms with E-state index in [1.165, 1.54) is 23.2 Å². The van der Waals surface area contributed by atoms with Crippen molar-refractivity contribution in [3.8, 4) is 0 Å². The largest absolute Gasteiger partial charge is 0.367 e. The number of hydrogen-bond donors (Lipinski definition) is 0. The van der Waals surface area contributed by atoms with Crippen LogP contribution in [0.25, 0.3) is 0 Å². The lowest BCUT2D eigenvalue weighted by Gasteiger charge is -2.38. The lowest BCUT2D eigenvalue weighted by Crippen LogP contribution is -2.39. The quantitative estimate of drug-likeness (QED) is 0.687. The second-order valence-electron chi connectivity index (χ2n) is 8.32. The van der Waals surface area contributed by atoms with Crippen LogP contribution in [0.3, 0.4) is 0 Å². The average Bonchev–Trinajstić information content (AvgIpc) is 2.55. The molecule has 114 valence electrons. The Morgan fingerprint density at radius 3 is 1.81 bits per heavy atom. The Morgan fingerprint density at radius 1 is 1.00 bits per heavy atom. The Morgan fingerprint density at radius 2 is 1.48 bits per heavy atom. The van der Waals surface area contributed by atoms with E-state index in [0.717, 1.165) is 6.54 Å². The number of nitrogens with zero attached hydrogens (tertiary/aromatic N) is 1. The fourth-order valence-electron chi connectivity index (χ4n) is 3.92. The third-order valence-corrected chi connectivity index (χ3v) is 5.09. The van der Waals surface area contributed by atoms with E-state index < -0.39 is 0 Å². The summed E-state index contributed by atoms with van der Waals surface area (Å²) in [6.45, 7) is 17.5. The van der Waals surface area contributed by atoms with Gasteiger partial charge in [0.15, 0.2) is 0 Å². The molecule has 2 rings (SSSR count). The summed E-state index contributed by atoms with van der Waals surface area (Å²) in [6.07, 6.45) is 1.22. The van der Waals surface area contributed by atoms with Gasteiger partial charge in [-0.05, 0) is 43.2 Å². The number of para-hydroxylation sites is 1. The van der Waals surface area contributed by atoms with Crippen LogP contribution in [0, 0.1) is 0 Å². The predicted octanol–water partition coefficient (Wildman–Crippen LogP) is 5.27. The van der Waals surface area contributed by atoms with Crippen molar-refractivity contribution in [3.05, 3.63) is 29.3 Å². The van der Waals surface area contributed by atoms with Gasteiger partial charge in [0.1, 0.15) is 16.3 Å². The first kappa shape index (κ1) is 16.9. The molecule has 0 spiro atoms. The molecule has 21 heavy (non-hydrogen) atoms. The predicted molar refractivity (Wildman–Crippen MR) is 94.8 cm³/mol. The van der Waals surface area contributed by atoms with Crippen molar-refractivity contribution < 1.29 is 0 Å². The van der Waals surface area contributed by atoms with Gasteiger partial charge >= 0.3 is 0 Å². The van der Waals surface area contributed by atoms with E-state index in [1.54, 1.807) is 0 Å². The lowest BCUT2D eigenvalue weighted by atomic mass is 9.90. The Bertz CT molecular complexity index is 488. The van der Waals surface area contributed by atoms with Crippen LogP contribution in [0.1, 0.15) is 77.8 Å². The molecular weight excluding hydrogens is 269 g/mol. The summed E-state index contributed by atoms with van der Waals surface area (Å²) >= 11 is 3.09. The van der Waals surface area contributed by atoms with Crippen molar-refractivity contribution in [2.24, 2.45) is 0 Å². The summed E-state index contributed by atoms with van der Waals surface area (Å²) in [5.41, 5.74) is 4.71. The molecule has 0 aliphatic carbocycles. The van der Waals surface area contributed by atoms with E-state index in [1.807, 2.05) is 0 Å². The average molecular weight is 299 g/mol. The van der Waals surface area contributed by atoms with Crippen LogP contribution in [0.4, 0.5) is 5.69 Å². The van der Waals surface area contributed by atoms with Crippen LogP contribution in [0.2, 0.25) is 4.28 Å². The highest BCUT2D eigenvalue weighted by Gasteiger charge is 2.43. The minimum atomic E-state index is 0.213. The van der Waals surface area contributed by atoms with Crippen LogP contribution in [-0.2, 0) is 0 Å². The summed E-state index contributed by atoms with van der Waals surface area (Å²) in [5.74, 6) is 1.12. The van der Waals surface area contributed by atoms with Crippen molar-refractivity contribution in [3.63, 3.8) is 0 Å². The molecule has 2 radical (unpaired) electrons. The smallest absolute Gasteiger partial charge is 0.132 e. The molecule has 2 heteroatoms. The number of hydrogen-bond acceptors (Lipinski definition) is 1. The molecule has 1 nitrogen and oxygen atoms in total. The Balaban J connectivity index is 2.61. The topological polar surface area (TPSA) is 3.24 Å². The second kappa shape index (κ2) is 5.64. The summed E-state index contributed by atoms with van der Waals surface area (Å²) in [7, 11) is 0. The lowest BCUT2D eigenvalue weighted by molar-refractivity contribution is 0.493. The molecule has 1 unspecified atom stereocenters. The van der Waals surface area contributed by atoms with Gasteiger partial charge in [0.2, 0.25) is 0 Å². The summed E-state index contributed by atoms with van der Waals surface area (Å²) < 4.78 is 0.307. The van der Waals surface area contributed by atoms with Gasteiger partial charge in [-0.25, -0.2) is 0 Å². The first-order valence-corrected chi connectivity index (χ1v) is 8.82. The molecular formula is C19H30AlN. The Labute approximate surface area is 139 Å². The fraction of sp³-hybridized carbons (Fsp3) is 0.684. The van der Waals surface area contributed by atoms with Gasteiger partial charge in [0, 0.05) is 17.8 Å². The molecule has 0 aromatic heterocycles. The molecule has 1 saturated heterocycles. The monoisotopic (exact) mass is 299 g/mol. The molecule has 0 bridgehead atoms. The van der Waals surface area contributed by atoms with Gasteiger partial charge in [0.25, 0.3) is 0 Å². The van der Waals surface area contributed by atoms with Gasteiger partial charge in [-0.3, -0.25) is 0 Å². The van der Waals surface area contributed by atoms with Crippen LogP contribution in [0.5, 0.6) is 0 Å². The van der Waals surface area contributed by atoms with Crippen LogP contribution in [0.15, 0.2) is 18.2 Å². The zero-order valence-corrected chi connectivity index (χ0v) is 16.0. The Kier molecular flexibility index (Phi) is 4.54. The zero-order chi connectivity index (χ0) is 16.0. The zero-order valence-electron chi connectivity index (χ0n) is 14.8. The standard InChI is InChI=1S/C19H30N.Al/c1-13(2)16-9-8-10-17(14(3)4)18(16)20-12-15(5)11-19(20,6)7;/h8-10,13-14H,11-12H2,1-7H3;. The molecule has 0 amide bonds. The van der Waals surface area contributed by atoms with Crippen molar-refractivity contribution in [1.29, 1.82) is 0 Å². The normalized spacial score (nSPS) is 25.1. The number of anilines is 1. The maximum atomic E-state index is 3.09. The summed E-state index contributed by atoms with van der Waals surface area (Å²) in [5, 5.41) is 0. The minimum absolute atomic E-state index is 0.213. The van der Waals surface area contributed by atoms with E-state index in [9.17, 15) is 0 Å². The molecule has 1 aromatic rings. The molecule has 1 atom stereocenters. The molecule has 0 saturated carbocycles. The van der Waals surface area contributed by atoms with Crippen molar-refractivity contribution >= 4 is 22.0 Å². The molecule has 1 aliphatic rings. The third-order valence-electron chi connectivity index (χ3n) is 4.70. The van der Waals surface area contributed by atoms with Crippen LogP contribution in [-0.4, -0.2) is 28.4 Å². The van der Waals surface area contributed by atoms with E-state index >= 15 is 0 Å². The molecule has 1 aliphatic heterocycles. The van der Waals surface area contributed by atoms with Gasteiger partial charge < -0.3 is 4.90 Å². The van der Waals surface area contributed by atoms with Crippen molar-refractivity contribution in [1.82, 2.24) is 0 Å². The van der Waals surface area contributed by atoms with Crippen LogP contribution < -0.4 is 4.90 Å². The number of rotatable bonds is 3. The molecule has 1 aromatic carbocycles. The maximum absolute atomic E-state index is 3.09. The van der Waals surface area contributed by atoms with Gasteiger partial charge in [-0.15, -0.1) is 0 Å². The van der Waals surface area contributed by atoms with Gasteiger partial charge in [0.05, 0.1) is 0 Å². The van der Waals surface area contributed by atoms with Crippen molar-refractivity contribution in [2.45, 2.75) is 76.5 Å². The number of benzene rings is 1. The molecule has 1 fully saturated rings. The third kappa shape index (κ3) is 3.33. The van der Waals surface area contributed by atoms with Gasteiger partial charge in [-0.2, -0.15) is 0 Å². The Hall–Kier alpha value is -0.448. The summed E-state index contributed by atoms with van der Waals surface area (Å²) in [4.78, 5) is 2.67. The molecule has 0 N–H and O–H groups in total. The first-order chi connectivity index (χ1) is 9.55. The fourth-order valence-corrected chi connectivity index (χ4v) is 4.60. The highest BCUT2D eigenvalue weighted by atomic mass is 27.0. The van der Waals surface area contributed by atoms with E-state index in [0.29, 0.717) is 16.1 Å². The van der Waals surface area contributed by atoms with Crippen LogP contribution >= 0.6 is 0 Å². The first-order valence-electron chi connectivity index (χ1n) is 8.24. The second-order valence-corrected chi connectivity index (χ2v) is 9.72. The van der Waals surface area contributed by atoms with Gasteiger partial charge in [-0.1, -0.05) is 57.1 Å². The van der Waals surface area contributed by atoms with E-state index in [4.69, 9.17) is 0 Å². The highest BCUT2D eigenvalue weighted by molar-refractivity contribution is 6.15. The molecule has 1 heterocycles. The maximum Gasteiger partial charge on any atom is 0.132 e. The SMILES string of the molecule is CC(C)c1cccc(C(C)C)c1N1C[C](C)([Al])CC1(C)C. The minimum Gasteiger partial charge on any atom is -0.367 e. The van der Waals surface area contributed by atoms with E-state index in [-0.39, 0.29) is 5.54 Å².